The van der Waals surface area contributed by atoms with Crippen LogP contribution in [0.5, 0.6) is 0 Å². The number of hydrogen-bond acceptors (Lipinski definition) is 7. The predicted octanol–water partition coefficient (Wildman–Crippen LogP) is 3.41. The number of rotatable bonds is 8. The third-order valence-corrected chi connectivity index (χ3v) is 7.82. The molecule has 3 amide bonds. The molecule has 2 unspecified atom stereocenters. The minimum absolute atomic E-state index is 0.0446. The zero-order chi connectivity index (χ0) is 30.6. The molecule has 1 saturated heterocycles. The Morgan fingerprint density at radius 2 is 1.71 bits per heavy atom. The summed E-state index contributed by atoms with van der Waals surface area (Å²) in [6.45, 7) is 6.87. The molecule has 0 saturated carbocycles. The van der Waals surface area contributed by atoms with Crippen molar-refractivity contribution in [1.29, 1.82) is 0 Å². The normalized spacial score (nSPS) is 15.8. The van der Waals surface area contributed by atoms with E-state index in [2.05, 4.69) is 4.99 Å². The van der Waals surface area contributed by atoms with Crippen LogP contribution >= 0.6 is 0 Å². The molecule has 0 aliphatic carbocycles. The minimum atomic E-state index is -1.30. The smallest absolute Gasteiger partial charge is 0.435 e. The largest absolute Gasteiger partial charge is 0.450 e. The van der Waals surface area contributed by atoms with Crippen LogP contribution in [0.25, 0.3) is 11.0 Å². The summed E-state index contributed by atoms with van der Waals surface area (Å²) in [7, 11) is 3.46. The lowest BCUT2D eigenvalue weighted by Crippen LogP contribution is -2.55. The van der Waals surface area contributed by atoms with Gasteiger partial charge < -0.3 is 30.4 Å². The highest BCUT2D eigenvalue weighted by molar-refractivity contribution is 6.02. The van der Waals surface area contributed by atoms with Crippen LogP contribution in [0.3, 0.4) is 0 Å². The maximum Gasteiger partial charge on any atom is 0.435 e. The number of likely N-dealkylation sites (N-methyl/N-ethyl adjacent to an activating group) is 1. The Kier molecular flexibility index (Phi) is 9.15. The number of nitrogens with zero attached hydrogens (tertiary/aromatic N) is 5. The van der Waals surface area contributed by atoms with E-state index in [0.717, 1.165) is 23.9 Å². The SMILES string of the molecule is CCOC(=O)/N=C(\N)c1ccc(C(N)c2nc3cc(C(C)(C(=O)N4CCCC4)N(C)C(=O)OCC)ccc3n2C)cc1. The van der Waals surface area contributed by atoms with Crippen molar-refractivity contribution in [3.8, 4) is 0 Å². The van der Waals surface area contributed by atoms with Gasteiger partial charge in [0, 0.05) is 32.7 Å². The van der Waals surface area contributed by atoms with Gasteiger partial charge >= 0.3 is 12.2 Å². The highest BCUT2D eigenvalue weighted by Gasteiger charge is 2.45. The molecule has 2 atom stereocenters. The first-order chi connectivity index (χ1) is 20.0. The van der Waals surface area contributed by atoms with Gasteiger partial charge in [0.2, 0.25) is 0 Å². The van der Waals surface area contributed by atoms with Crippen LogP contribution in [0.2, 0.25) is 0 Å². The van der Waals surface area contributed by atoms with Gasteiger partial charge in [-0.25, -0.2) is 14.6 Å². The molecule has 4 N–H and O–H groups in total. The second-order valence-electron chi connectivity index (χ2n) is 10.4. The van der Waals surface area contributed by atoms with Crippen LogP contribution in [0.4, 0.5) is 9.59 Å². The first-order valence-electron chi connectivity index (χ1n) is 14.1. The Hall–Kier alpha value is -4.45. The van der Waals surface area contributed by atoms with Gasteiger partial charge in [-0.1, -0.05) is 30.3 Å². The monoisotopic (exact) mass is 577 g/mol. The molecule has 3 aromatic rings. The molecule has 1 aromatic heterocycles. The fraction of sp³-hybridized carbons (Fsp3) is 0.433. The second-order valence-corrected chi connectivity index (χ2v) is 10.4. The molecule has 12 heteroatoms. The Bertz CT molecular complexity index is 1490. The molecule has 1 aliphatic heterocycles. The summed E-state index contributed by atoms with van der Waals surface area (Å²) in [6, 6.07) is 12.1. The molecule has 1 aliphatic rings. The van der Waals surface area contributed by atoms with Crippen LogP contribution in [0.1, 0.15) is 62.2 Å². The van der Waals surface area contributed by atoms with E-state index >= 15 is 0 Å². The molecule has 0 bridgehead atoms. The molecule has 0 spiro atoms. The van der Waals surface area contributed by atoms with Crippen molar-refractivity contribution >= 4 is 35.0 Å². The summed E-state index contributed by atoms with van der Waals surface area (Å²) >= 11 is 0. The third kappa shape index (κ3) is 5.80. The molecular formula is C30H39N7O5. The molecular weight excluding hydrogens is 538 g/mol. The summed E-state index contributed by atoms with van der Waals surface area (Å²) in [6.07, 6.45) is 0.531. The zero-order valence-electron chi connectivity index (χ0n) is 24.8. The van der Waals surface area contributed by atoms with Gasteiger partial charge in [0.25, 0.3) is 5.91 Å². The van der Waals surface area contributed by atoms with Crippen molar-refractivity contribution in [1.82, 2.24) is 19.4 Å². The fourth-order valence-electron chi connectivity index (χ4n) is 5.22. The van der Waals surface area contributed by atoms with Crippen molar-refractivity contribution < 1.29 is 23.9 Å². The van der Waals surface area contributed by atoms with Crippen LogP contribution in [0.15, 0.2) is 47.5 Å². The third-order valence-electron chi connectivity index (χ3n) is 7.82. The number of carbonyl (C=O) groups is 3. The zero-order valence-corrected chi connectivity index (χ0v) is 24.8. The Morgan fingerprint density at radius 3 is 2.33 bits per heavy atom. The van der Waals surface area contributed by atoms with Gasteiger partial charge in [-0.15, -0.1) is 0 Å². The quantitative estimate of drug-likeness (QED) is 0.304. The summed E-state index contributed by atoms with van der Waals surface area (Å²) in [4.78, 5) is 50.1. The summed E-state index contributed by atoms with van der Waals surface area (Å²) in [5.74, 6) is 0.492. The minimum Gasteiger partial charge on any atom is -0.450 e. The molecule has 1 fully saturated rings. The van der Waals surface area contributed by atoms with Gasteiger partial charge in [-0.05, 0) is 56.9 Å². The van der Waals surface area contributed by atoms with Crippen LogP contribution in [0, 0.1) is 0 Å². The number of imidazole rings is 1. The van der Waals surface area contributed by atoms with Crippen LogP contribution in [-0.2, 0) is 26.9 Å². The summed E-state index contributed by atoms with van der Waals surface area (Å²) in [5.41, 5.74) is 14.7. The molecule has 42 heavy (non-hydrogen) atoms. The molecule has 4 rings (SSSR count). The van der Waals surface area contributed by atoms with E-state index in [1.54, 1.807) is 57.0 Å². The molecule has 224 valence electrons. The maximum absolute atomic E-state index is 13.9. The standard InChI is InChI=1S/C30H39N7O5/c1-6-41-28(39)34-25(32)20-12-10-19(11-13-20)24(31)26-33-22-18-21(14-15-23(22)35(26)4)30(3,36(5)29(40)42-7-2)27(38)37-16-8-9-17-37/h10-15,18,24H,6-9,16-17,31H2,1-5H3,(H2,32,34,39). The van der Waals surface area contributed by atoms with Gasteiger partial charge in [0.1, 0.15) is 17.2 Å². The molecule has 12 nitrogen and oxygen atoms in total. The lowest BCUT2D eigenvalue weighted by atomic mass is 9.88. The number of aryl methyl sites for hydroxylation is 1. The average Bonchev–Trinajstić information content (AvgIpc) is 3.64. The van der Waals surface area contributed by atoms with Crippen LogP contribution < -0.4 is 11.5 Å². The summed E-state index contributed by atoms with van der Waals surface area (Å²) < 4.78 is 12.0. The van der Waals surface area contributed by atoms with Gasteiger partial charge in [-0.2, -0.15) is 4.99 Å². The van der Waals surface area contributed by atoms with Crippen molar-refractivity contribution in [2.45, 2.75) is 45.2 Å². The lowest BCUT2D eigenvalue weighted by molar-refractivity contribution is -0.141. The van der Waals surface area contributed by atoms with E-state index in [9.17, 15) is 14.4 Å². The average molecular weight is 578 g/mol. The van der Waals surface area contributed by atoms with E-state index in [0.29, 0.717) is 35.6 Å². The molecule has 0 radical (unpaired) electrons. The van der Waals surface area contributed by atoms with Crippen molar-refractivity contribution in [2.24, 2.45) is 23.5 Å². The number of hydrogen-bond donors (Lipinski definition) is 2. The highest BCUT2D eigenvalue weighted by Crippen LogP contribution is 2.34. The van der Waals surface area contributed by atoms with Crippen LogP contribution in [-0.4, -0.2) is 76.6 Å². The topological polar surface area (TPSA) is 158 Å². The van der Waals surface area contributed by atoms with Crippen molar-refractivity contribution in [2.75, 3.05) is 33.4 Å². The first-order valence-corrected chi connectivity index (χ1v) is 14.1. The number of ether oxygens (including phenoxy) is 2. The maximum atomic E-state index is 13.9. The van der Waals surface area contributed by atoms with Crippen molar-refractivity contribution in [3.63, 3.8) is 0 Å². The molecule has 2 aromatic carbocycles. The number of aromatic nitrogens is 2. The van der Waals surface area contributed by atoms with E-state index in [1.165, 1.54) is 4.90 Å². The number of benzene rings is 2. The van der Waals surface area contributed by atoms with E-state index < -0.39 is 23.8 Å². The number of fused-ring (bicyclic) bond motifs is 1. The second kappa shape index (κ2) is 12.6. The number of amidine groups is 1. The van der Waals surface area contributed by atoms with E-state index in [1.807, 2.05) is 29.8 Å². The van der Waals surface area contributed by atoms with E-state index in [4.69, 9.17) is 25.9 Å². The Balaban J connectivity index is 1.68. The number of aliphatic imine (C=N–C) groups is 1. The van der Waals surface area contributed by atoms with E-state index in [-0.39, 0.29) is 25.0 Å². The van der Waals surface area contributed by atoms with Gasteiger partial charge in [0.15, 0.2) is 0 Å². The Labute approximate surface area is 245 Å². The lowest BCUT2D eigenvalue weighted by Gasteiger charge is -2.39. The predicted molar refractivity (Wildman–Crippen MR) is 159 cm³/mol. The first kappa shape index (κ1) is 30.5. The fourth-order valence-corrected chi connectivity index (χ4v) is 5.22. The highest BCUT2D eigenvalue weighted by atomic mass is 16.6. The molecule has 2 heterocycles. The Morgan fingerprint density at radius 1 is 1.07 bits per heavy atom. The number of nitrogens with two attached hydrogens (primary N) is 2. The van der Waals surface area contributed by atoms with Gasteiger partial charge in [-0.3, -0.25) is 9.69 Å². The number of amides is 3. The van der Waals surface area contributed by atoms with Gasteiger partial charge in [0.05, 0.1) is 30.3 Å². The van der Waals surface area contributed by atoms with Crippen molar-refractivity contribution in [3.05, 3.63) is 65.0 Å². The number of likely N-dealkylation sites (tertiary alicyclic amines) is 1. The summed E-state index contributed by atoms with van der Waals surface area (Å²) in [5, 5.41) is 0. The number of carbonyl (C=O) groups excluding carboxylic acids is 3.